The Balaban J connectivity index is 0.00000280. The van der Waals surface area contributed by atoms with Crippen LogP contribution in [0.15, 0.2) is 47.4 Å². The predicted octanol–water partition coefficient (Wildman–Crippen LogP) is 3.23. The summed E-state index contributed by atoms with van der Waals surface area (Å²) in [4.78, 5) is 4.67. The maximum atomic E-state index is 13.0. The minimum atomic E-state index is -3.69. The molecule has 0 aliphatic carbocycles. The molecule has 0 spiro atoms. The molecule has 1 heterocycles. The number of methoxy groups -OCH3 is 1. The second-order valence-electron chi connectivity index (χ2n) is 6.74. The maximum absolute atomic E-state index is 13.0. The highest BCUT2D eigenvalue weighted by atomic mass is 35.5. The molecule has 28 heavy (non-hydrogen) atoms. The standard InChI is InChI=1S/C20H27N3O3S.ClH/c1-4-16-7-5-6-8-18(16)21-27(24,25)17-9-10-20(26-3)19(15-17)23-13-11-22(2)12-14-23;/h5-10,15,21H,4,11-14H2,1-3H3;1H. The van der Waals surface area contributed by atoms with Crippen LogP contribution in [0.25, 0.3) is 0 Å². The summed E-state index contributed by atoms with van der Waals surface area (Å²) in [6, 6.07) is 12.5. The number of piperazine rings is 1. The zero-order chi connectivity index (χ0) is 19.4. The second kappa shape index (κ2) is 9.49. The van der Waals surface area contributed by atoms with E-state index < -0.39 is 10.0 Å². The Kier molecular flexibility index (Phi) is 7.57. The fourth-order valence-corrected chi connectivity index (χ4v) is 4.38. The molecule has 0 bridgehead atoms. The first-order valence-electron chi connectivity index (χ1n) is 9.17. The van der Waals surface area contributed by atoms with Crippen molar-refractivity contribution in [3.8, 4) is 5.75 Å². The minimum absolute atomic E-state index is 0. The molecule has 0 radical (unpaired) electrons. The van der Waals surface area contributed by atoms with Crippen LogP contribution in [0.2, 0.25) is 0 Å². The highest BCUT2D eigenvalue weighted by Crippen LogP contribution is 2.32. The van der Waals surface area contributed by atoms with Crippen molar-refractivity contribution in [2.75, 3.05) is 50.0 Å². The number of hydrogen-bond acceptors (Lipinski definition) is 5. The number of hydrogen-bond donors (Lipinski definition) is 1. The number of aryl methyl sites for hydroxylation is 1. The minimum Gasteiger partial charge on any atom is -0.495 e. The summed E-state index contributed by atoms with van der Waals surface area (Å²) in [5.74, 6) is 0.687. The Hall–Kier alpha value is -1.96. The van der Waals surface area contributed by atoms with Gasteiger partial charge in [0.1, 0.15) is 5.75 Å². The summed E-state index contributed by atoms with van der Waals surface area (Å²) in [5.41, 5.74) is 2.41. The van der Waals surface area contributed by atoms with Crippen LogP contribution in [0.3, 0.4) is 0 Å². The molecule has 0 saturated carbocycles. The van der Waals surface area contributed by atoms with E-state index in [1.165, 1.54) is 0 Å². The van der Waals surface area contributed by atoms with E-state index in [2.05, 4.69) is 21.6 Å². The summed E-state index contributed by atoms with van der Waals surface area (Å²) in [6.45, 7) is 5.54. The molecule has 3 rings (SSSR count). The number of anilines is 2. The van der Waals surface area contributed by atoms with Gasteiger partial charge in [-0.25, -0.2) is 8.42 Å². The first-order chi connectivity index (χ1) is 12.9. The number of ether oxygens (including phenoxy) is 1. The largest absolute Gasteiger partial charge is 0.495 e. The Labute approximate surface area is 173 Å². The van der Waals surface area contributed by atoms with Crippen LogP contribution < -0.4 is 14.4 Å². The van der Waals surface area contributed by atoms with Crippen LogP contribution >= 0.6 is 12.4 Å². The Morgan fingerprint density at radius 2 is 1.75 bits per heavy atom. The van der Waals surface area contributed by atoms with Crippen molar-refractivity contribution in [2.45, 2.75) is 18.2 Å². The Bertz CT molecular complexity index is 897. The van der Waals surface area contributed by atoms with Crippen molar-refractivity contribution < 1.29 is 13.2 Å². The van der Waals surface area contributed by atoms with Crippen LogP contribution in [0.5, 0.6) is 5.75 Å². The highest BCUT2D eigenvalue weighted by Gasteiger charge is 2.22. The summed E-state index contributed by atoms with van der Waals surface area (Å²) >= 11 is 0. The molecule has 6 nitrogen and oxygen atoms in total. The fraction of sp³-hybridized carbons (Fsp3) is 0.400. The number of para-hydroxylation sites is 1. The van der Waals surface area contributed by atoms with Crippen LogP contribution in [-0.2, 0) is 16.4 Å². The molecule has 154 valence electrons. The molecule has 1 N–H and O–H groups in total. The van der Waals surface area contributed by atoms with Gasteiger partial charge in [0.2, 0.25) is 0 Å². The lowest BCUT2D eigenvalue weighted by Crippen LogP contribution is -2.44. The topological polar surface area (TPSA) is 61.9 Å². The van der Waals surface area contributed by atoms with E-state index >= 15 is 0 Å². The molecule has 2 aromatic rings. The third-order valence-electron chi connectivity index (χ3n) is 4.95. The van der Waals surface area contributed by atoms with Gasteiger partial charge in [-0.05, 0) is 43.3 Å². The van der Waals surface area contributed by atoms with Crippen molar-refractivity contribution >= 4 is 33.8 Å². The van der Waals surface area contributed by atoms with Crippen LogP contribution in [0.1, 0.15) is 12.5 Å². The smallest absolute Gasteiger partial charge is 0.261 e. The van der Waals surface area contributed by atoms with E-state index in [1.807, 2.05) is 25.1 Å². The molecule has 1 fully saturated rings. The summed E-state index contributed by atoms with van der Waals surface area (Å²) < 4.78 is 34.2. The number of nitrogens with one attached hydrogen (secondary N) is 1. The van der Waals surface area contributed by atoms with Gasteiger partial charge in [0, 0.05) is 26.2 Å². The average molecular weight is 426 g/mol. The van der Waals surface area contributed by atoms with Crippen molar-refractivity contribution in [3.63, 3.8) is 0 Å². The van der Waals surface area contributed by atoms with Gasteiger partial charge in [-0.15, -0.1) is 12.4 Å². The molecular weight excluding hydrogens is 398 g/mol. The number of rotatable bonds is 6. The molecule has 1 saturated heterocycles. The first-order valence-corrected chi connectivity index (χ1v) is 10.6. The normalized spacial score (nSPS) is 15.0. The number of benzene rings is 2. The van der Waals surface area contributed by atoms with E-state index in [4.69, 9.17) is 4.74 Å². The van der Waals surface area contributed by atoms with E-state index in [1.54, 1.807) is 31.4 Å². The van der Waals surface area contributed by atoms with Gasteiger partial charge in [-0.1, -0.05) is 25.1 Å². The summed E-state index contributed by atoms with van der Waals surface area (Å²) in [5, 5.41) is 0. The molecule has 1 aliphatic heterocycles. The van der Waals surface area contributed by atoms with Crippen molar-refractivity contribution in [1.82, 2.24) is 4.90 Å². The molecular formula is C20H28ClN3O3S. The molecule has 8 heteroatoms. The summed E-state index contributed by atoms with van der Waals surface area (Å²) in [6.07, 6.45) is 0.758. The van der Waals surface area contributed by atoms with E-state index in [0.717, 1.165) is 43.9 Å². The van der Waals surface area contributed by atoms with Crippen molar-refractivity contribution in [1.29, 1.82) is 0 Å². The monoisotopic (exact) mass is 425 g/mol. The molecule has 0 atom stereocenters. The summed E-state index contributed by atoms with van der Waals surface area (Å²) in [7, 11) is 0.0123. The zero-order valence-electron chi connectivity index (χ0n) is 16.5. The van der Waals surface area contributed by atoms with Crippen LogP contribution in [0.4, 0.5) is 11.4 Å². The maximum Gasteiger partial charge on any atom is 0.261 e. The lowest BCUT2D eigenvalue weighted by atomic mass is 10.1. The van der Waals surface area contributed by atoms with Gasteiger partial charge in [-0.2, -0.15) is 0 Å². The third-order valence-corrected chi connectivity index (χ3v) is 6.31. The average Bonchev–Trinajstić information content (AvgIpc) is 2.68. The molecule has 0 unspecified atom stereocenters. The number of likely N-dealkylation sites (N-methyl/N-ethyl adjacent to an activating group) is 1. The Morgan fingerprint density at radius 3 is 2.39 bits per heavy atom. The van der Waals surface area contributed by atoms with Crippen LogP contribution in [0, 0.1) is 0 Å². The molecule has 0 amide bonds. The molecule has 0 aromatic heterocycles. The molecule has 2 aromatic carbocycles. The predicted molar refractivity (Wildman–Crippen MR) is 117 cm³/mol. The van der Waals surface area contributed by atoms with Gasteiger partial charge in [0.25, 0.3) is 10.0 Å². The van der Waals surface area contributed by atoms with Gasteiger partial charge >= 0.3 is 0 Å². The Morgan fingerprint density at radius 1 is 1.07 bits per heavy atom. The number of sulfonamides is 1. The SMILES string of the molecule is CCc1ccccc1NS(=O)(=O)c1ccc(OC)c(N2CCN(C)CC2)c1.Cl. The van der Waals surface area contributed by atoms with E-state index in [9.17, 15) is 8.42 Å². The lowest BCUT2D eigenvalue weighted by molar-refractivity contribution is 0.311. The number of nitrogens with zero attached hydrogens (tertiary/aromatic N) is 2. The third kappa shape index (κ3) is 4.90. The number of halogens is 1. The van der Waals surface area contributed by atoms with Crippen molar-refractivity contribution in [2.24, 2.45) is 0 Å². The highest BCUT2D eigenvalue weighted by molar-refractivity contribution is 7.92. The van der Waals surface area contributed by atoms with E-state index in [0.29, 0.717) is 11.4 Å². The van der Waals surface area contributed by atoms with Crippen LogP contribution in [-0.4, -0.2) is 53.7 Å². The first kappa shape index (κ1) is 22.3. The molecule has 1 aliphatic rings. The van der Waals surface area contributed by atoms with Gasteiger partial charge in [0.05, 0.1) is 23.4 Å². The fourth-order valence-electron chi connectivity index (χ4n) is 3.26. The lowest BCUT2D eigenvalue weighted by Gasteiger charge is -2.34. The van der Waals surface area contributed by atoms with Crippen molar-refractivity contribution in [3.05, 3.63) is 48.0 Å². The van der Waals surface area contributed by atoms with E-state index in [-0.39, 0.29) is 17.3 Å². The quantitative estimate of drug-likeness (QED) is 0.769. The zero-order valence-corrected chi connectivity index (χ0v) is 18.1. The van der Waals surface area contributed by atoms with Gasteiger partial charge in [0.15, 0.2) is 0 Å². The second-order valence-corrected chi connectivity index (χ2v) is 8.42. The van der Waals surface area contributed by atoms with Gasteiger partial charge in [-0.3, -0.25) is 4.72 Å². The van der Waals surface area contributed by atoms with Gasteiger partial charge < -0.3 is 14.5 Å².